The molecule has 0 aliphatic rings. The molecule has 2 heterocycles. The maximum Gasteiger partial charge on any atom is 0.272 e. The molecule has 144 valence electrons. The highest BCUT2D eigenvalue weighted by Crippen LogP contribution is 2.21. The average molecular weight is 385 g/mol. The number of rotatable bonds is 4. The Balaban J connectivity index is 1.59. The summed E-state index contributed by atoms with van der Waals surface area (Å²) in [4.78, 5) is 20.1. The van der Waals surface area contributed by atoms with Gasteiger partial charge in [0.25, 0.3) is 5.91 Å². The van der Waals surface area contributed by atoms with Gasteiger partial charge in [-0.25, -0.2) is 0 Å². The van der Waals surface area contributed by atoms with Crippen LogP contribution >= 0.6 is 0 Å². The largest absolute Gasteiger partial charge is 0.369 e. The van der Waals surface area contributed by atoms with Crippen LogP contribution in [0.15, 0.2) is 71.0 Å². The number of guanidine groups is 1. The van der Waals surface area contributed by atoms with Gasteiger partial charge in [-0.3, -0.25) is 9.78 Å². The number of aromatic nitrogens is 2. The molecule has 29 heavy (non-hydrogen) atoms. The number of H-pyrrole nitrogens is 1. The molecule has 0 radical (unpaired) electrons. The normalized spacial score (nSPS) is 11.6. The van der Waals surface area contributed by atoms with E-state index in [1.54, 1.807) is 19.2 Å². The predicted molar refractivity (Wildman–Crippen MR) is 116 cm³/mol. The second kappa shape index (κ2) is 7.43. The molecule has 0 fully saturated rings. The van der Waals surface area contributed by atoms with Crippen molar-refractivity contribution < 1.29 is 4.79 Å². The number of carbonyl (C=O) groups is 1. The topological polar surface area (TPSA) is 135 Å². The maximum atomic E-state index is 12.7. The first-order valence-electron chi connectivity index (χ1n) is 8.92. The second-order valence-electron chi connectivity index (χ2n) is 6.56. The van der Waals surface area contributed by atoms with Crippen molar-refractivity contribution in [1.82, 2.24) is 9.97 Å². The lowest BCUT2D eigenvalue weighted by Crippen LogP contribution is -2.22. The average Bonchev–Trinajstić information content (AvgIpc) is 3.15. The lowest BCUT2D eigenvalue weighted by Gasteiger charge is -2.05. The van der Waals surface area contributed by atoms with Gasteiger partial charge in [-0.05, 0) is 48.9 Å². The van der Waals surface area contributed by atoms with Gasteiger partial charge in [0, 0.05) is 28.2 Å². The number of nitrogens with two attached hydrogens (primary N) is 2. The third-order valence-corrected chi connectivity index (χ3v) is 4.46. The monoisotopic (exact) mass is 385 g/mol. The Morgan fingerprint density at radius 2 is 1.90 bits per heavy atom. The zero-order valence-corrected chi connectivity index (χ0v) is 15.7. The molecule has 0 aliphatic carbocycles. The number of carbonyl (C=O) groups excluding carboxylic acids is 1. The fourth-order valence-corrected chi connectivity index (χ4v) is 3.02. The maximum absolute atomic E-state index is 12.7. The van der Waals surface area contributed by atoms with Crippen LogP contribution in [-0.4, -0.2) is 27.5 Å². The summed E-state index contributed by atoms with van der Waals surface area (Å²) in [5, 5.41) is 12.4. The molecule has 1 amide bonds. The van der Waals surface area contributed by atoms with Gasteiger partial charge >= 0.3 is 0 Å². The van der Waals surface area contributed by atoms with Gasteiger partial charge in [-0.2, -0.15) is 5.10 Å². The van der Waals surface area contributed by atoms with Crippen LogP contribution in [0.4, 0.5) is 5.69 Å². The lowest BCUT2D eigenvalue weighted by atomic mass is 10.1. The summed E-state index contributed by atoms with van der Waals surface area (Å²) in [5.41, 5.74) is 15.0. The lowest BCUT2D eigenvalue weighted by molar-refractivity contribution is 0.102. The summed E-state index contributed by atoms with van der Waals surface area (Å²) in [5.74, 6) is -0.328. The van der Waals surface area contributed by atoms with Gasteiger partial charge in [-0.1, -0.05) is 18.2 Å². The standard InChI is InChI=1S/C21H19N7O/c1-12(27-28-21(22)23)13-4-5-15-11-19(26-18(15)10-13)20(29)25-16-6-7-17-14(9-16)3-2-8-24-17/h2-11,26H,1H3,(H,25,29)(H4,22,23,28)/b27-12+. The van der Waals surface area contributed by atoms with Gasteiger partial charge in [0.15, 0.2) is 0 Å². The molecule has 4 rings (SSSR count). The van der Waals surface area contributed by atoms with E-state index in [1.165, 1.54) is 0 Å². The minimum atomic E-state index is -0.225. The Kier molecular flexibility index (Phi) is 4.66. The van der Waals surface area contributed by atoms with E-state index in [0.717, 1.165) is 27.4 Å². The number of aromatic amines is 1. The van der Waals surface area contributed by atoms with Crippen LogP contribution in [-0.2, 0) is 0 Å². The molecule has 0 unspecified atom stereocenters. The molecule has 0 saturated carbocycles. The van der Waals surface area contributed by atoms with E-state index in [0.29, 0.717) is 17.1 Å². The summed E-state index contributed by atoms with van der Waals surface area (Å²) in [6.45, 7) is 1.80. The SMILES string of the molecule is C/C(=N\N=C(N)N)c1ccc2cc(C(=O)Nc3ccc4ncccc4c3)[nH]c2c1. The van der Waals surface area contributed by atoms with Crippen molar-refractivity contribution in [3.63, 3.8) is 0 Å². The molecule has 8 heteroatoms. The molecule has 4 aromatic rings. The van der Waals surface area contributed by atoms with Crippen LogP contribution in [0.5, 0.6) is 0 Å². The van der Waals surface area contributed by atoms with Crippen LogP contribution in [0.3, 0.4) is 0 Å². The molecule has 8 nitrogen and oxygen atoms in total. The van der Waals surface area contributed by atoms with Crippen LogP contribution in [0.25, 0.3) is 21.8 Å². The van der Waals surface area contributed by atoms with E-state index in [1.807, 2.05) is 48.5 Å². The predicted octanol–water partition coefficient (Wildman–Crippen LogP) is 2.97. The Morgan fingerprint density at radius 3 is 2.72 bits per heavy atom. The molecule has 0 spiro atoms. The molecular formula is C21H19N7O. The van der Waals surface area contributed by atoms with Crippen molar-refractivity contribution in [2.24, 2.45) is 21.7 Å². The highest BCUT2D eigenvalue weighted by molar-refractivity contribution is 6.08. The fourth-order valence-electron chi connectivity index (χ4n) is 3.02. The summed E-state index contributed by atoms with van der Waals surface area (Å²) >= 11 is 0. The van der Waals surface area contributed by atoms with Crippen molar-refractivity contribution in [2.75, 3.05) is 5.32 Å². The third-order valence-electron chi connectivity index (χ3n) is 4.46. The molecular weight excluding hydrogens is 366 g/mol. The molecule has 2 aromatic carbocycles. The Bertz CT molecular complexity index is 1280. The minimum absolute atomic E-state index is 0.103. The zero-order chi connectivity index (χ0) is 20.4. The quantitative estimate of drug-likeness (QED) is 0.244. The van der Waals surface area contributed by atoms with Crippen molar-refractivity contribution >= 4 is 45.1 Å². The van der Waals surface area contributed by atoms with Crippen molar-refractivity contribution in [3.05, 3.63) is 72.1 Å². The van der Waals surface area contributed by atoms with Gasteiger partial charge < -0.3 is 21.8 Å². The van der Waals surface area contributed by atoms with E-state index < -0.39 is 0 Å². The highest BCUT2D eigenvalue weighted by atomic mass is 16.1. The van der Waals surface area contributed by atoms with Crippen LogP contribution < -0.4 is 16.8 Å². The molecule has 0 bridgehead atoms. The van der Waals surface area contributed by atoms with Crippen molar-refractivity contribution in [2.45, 2.75) is 6.92 Å². The summed E-state index contributed by atoms with van der Waals surface area (Å²) in [6, 6.07) is 16.9. The number of nitrogens with one attached hydrogen (secondary N) is 2. The van der Waals surface area contributed by atoms with E-state index in [4.69, 9.17) is 11.5 Å². The third kappa shape index (κ3) is 3.91. The number of hydrogen-bond acceptors (Lipinski definition) is 4. The van der Waals surface area contributed by atoms with Gasteiger partial charge in [-0.15, -0.1) is 5.10 Å². The first-order valence-corrected chi connectivity index (χ1v) is 8.92. The number of benzene rings is 2. The summed E-state index contributed by atoms with van der Waals surface area (Å²) in [7, 11) is 0. The Morgan fingerprint density at radius 1 is 1.03 bits per heavy atom. The first-order chi connectivity index (χ1) is 14.0. The second-order valence-corrected chi connectivity index (χ2v) is 6.56. The van der Waals surface area contributed by atoms with Crippen LogP contribution in [0.2, 0.25) is 0 Å². The number of hydrogen-bond donors (Lipinski definition) is 4. The molecule has 0 saturated heterocycles. The molecule has 0 atom stereocenters. The van der Waals surface area contributed by atoms with Crippen LogP contribution in [0.1, 0.15) is 23.0 Å². The van der Waals surface area contributed by atoms with E-state index in [9.17, 15) is 4.79 Å². The number of pyridine rings is 1. The number of anilines is 1. The molecule has 2 aromatic heterocycles. The number of fused-ring (bicyclic) bond motifs is 2. The molecule has 0 aliphatic heterocycles. The Labute approximate surface area is 166 Å². The molecule has 6 N–H and O–H groups in total. The van der Waals surface area contributed by atoms with Crippen molar-refractivity contribution in [3.8, 4) is 0 Å². The van der Waals surface area contributed by atoms with Crippen LogP contribution in [0, 0.1) is 0 Å². The number of amides is 1. The Hall–Kier alpha value is -4.20. The van der Waals surface area contributed by atoms with Gasteiger partial charge in [0.05, 0.1) is 11.2 Å². The number of nitrogens with zero attached hydrogens (tertiary/aromatic N) is 3. The van der Waals surface area contributed by atoms with E-state index >= 15 is 0 Å². The first kappa shape index (κ1) is 18.2. The van der Waals surface area contributed by atoms with E-state index in [-0.39, 0.29) is 11.9 Å². The summed E-state index contributed by atoms with van der Waals surface area (Å²) < 4.78 is 0. The minimum Gasteiger partial charge on any atom is -0.369 e. The summed E-state index contributed by atoms with van der Waals surface area (Å²) in [6.07, 6.45) is 1.74. The zero-order valence-electron chi connectivity index (χ0n) is 15.7. The smallest absolute Gasteiger partial charge is 0.272 e. The van der Waals surface area contributed by atoms with Gasteiger partial charge in [0.1, 0.15) is 5.69 Å². The van der Waals surface area contributed by atoms with Crippen molar-refractivity contribution in [1.29, 1.82) is 0 Å². The fraction of sp³-hybridized carbons (Fsp3) is 0.0476. The van der Waals surface area contributed by atoms with Gasteiger partial charge in [0.2, 0.25) is 5.96 Å². The highest BCUT2D eigenvalue weighted by Gasteiger charge is 2.11. The van der Waals surface area contributed by atoms with E-state index in [2.05, 4.69) is 25.5 Å².